The molecule has 1 aliphatic heterocycles. The van der Waals surface area contributed by atoms with Crippen molar-refractivity contribution in [1.29, 1.82) is 0 Å². The highest BCUT2D eigenvalue weighted by molar-refractivity contribution is 7.99. The van der Waals surface area contributed by atoms with Gasteiger partial charge in [0, 0.05) is 13.1 Å². The molecule has 1 aromatic carbocycles. The smallest absolute Gasteiger partial charge is 0.233 e. The number of likely N-dealkylation sites (tertiary alicyclic amines) is 1. The molecule has 0 N–H and O–H groups in total. The number of nitrogens with zero attached hydrogens (tertiary/aromatic N) is 4. The van der Waals surface area contributed by atoms with E-state index >= 15 is 0 Å². The number of carbonyl (C=O) groups excluding carboxylic acids is 1. The largest absolute Gasteiger partial charge is 0.341 e. The Morgan fingerprint density at radius 1 is 1.22 bits per heavy atom. The Morgan fingerprint density at radius 3 is 2.61 bits per heavy atom. The lowest BCUT2D eigenvalue weighted by molar-refractivity contribution is -0.130. The van der Waals surface area contributed by atoms with Crippen LogP contribution >= 0.6 is 11.8 Å². The zero-order valence-corrected chi connectivity index (χ0v) is 14.4. The Morgan fingerprint density at radius 2 is 1.91 bits per heavy atom. The van der Waals surface area contributed by atoms with Crippen molar-refractivity contribution in [3.8, 4) is 5.69 Å². The van der Waals surface area contributed by atoms with Crippen LogP contribution in [0.1, 0.15) is 20.3 Å². The molecule has 6 heteroatoms. The number of rotatable bonds is 4. The van der Waals surface area contributed by atoms with Gasteiger partial charge in [0.2, 0.25) is 11.1 Å². The molecule has 0 bridgehead atoms. The first kappa shape index (κ1) is 16.1. The van der Waals surface area contributed by atoms with Crippen molar-refractivity contribution < 1.29 is 4.79 Å². The summed E-state index contributed by atoms with van der Waals surface area (Å²) >= 11 is 1.41. The molecule has 0 saturated carbocycles. The predicted molar refractivity (Wildman–Crippen MR) is 91.6 cm³/mol. The predicted octanol–water partition coefficient (Wildman–Crippen LogP) is 2.86. The molecule has 3 rings (SSSR count). The van der Waals surface area contributed by atoms with E-state index < -0.39 is 0 Å². The van der Waals surface area contributed by atoms with E-state index in [2.05, 4.69) is 23.9 Å². The molecule has 1 saturated heterocycles. The first-order chi connectivity index (χ1) is 11.1. The van der Waals surface area contributed by atoms with Gasteiger partial charge in [0.05, 0.1) is 11.4 Å². The maximum Gasteiger partial charge on any atom is 0.233 e. The number of para-hydroxylation sites is 1. The van der Waals surface area contributed by atoms with Crippen molar-refractivity contribution >= 4 is 17.7 Å². The summed E-state index contributed by atoms with van der Waals surface area (Å²) in [5, 5.41) is 5.06. The summed E-state index contributed by atoms with van der Waals surface area (Å²) in [5.74, 6) is 1.76. The van der Waals surface area contributed by atoms with Crippen LogP contribution in [-0.2, 0) is 4.79 Å². The number of carbonyl (C=O) groups is 1. The van der Waals surface area contributed by atoms with Crippen molar-refractivity contribution in [3.63, 3.8) is 0 Å². The third-order valence-corrected chi connectivity index (χ3v) is 4.87. The van der Waals surface area contributed by atoms with E-state index in [4.69, 9.17) is 0 Å². The third-order valence-electron chi connectivity index (χ3n) is 4.04. The van der Waals surface area contributed by atoms with E-state index in [-0.39, 0.29) is 5.91 Å². The molecular weight excluding hydrogens is 308 g/mol. The highest BCUT2D eigenvalue weighted by Gasteiger charge is 2.25. The van der Waals surface area contributed by atoms with Crippen LogP contribution in [0.3, 0.4) is 0 Å². The maximum absolute atomic E-state index is 12.4. The van der Waals surface area contributed by atoms with Crippen LogP contribution in [-0.4, -0.2) is 44.4 Å². The van der Waals surface area contributed by atoms with Gasteiger partial charge in [0.25, 0.3) is 0 Å². The fourth-order valence-electron chi connectivity index (χ4n) is 3.10. The van der Waals surface area contributed by atoms with Gasteiger partial charge in [0.1, 0.15) is 6.33 Å². The van der Waals surface area contributed by atoms with Gasteiger partial charge in [-0.2, -0.15) is 0 Å². The summed E-state index contributed by atoms with van der Waals surface area (Å²) in [6, 6.07) is 9.85. The molecular formula is C17H22N4OS. The topological polar surface area (TPSA) is 51.0 Å². The second-order valence-electron chi connectivity index (χ2n) is 6.34. The van der Waals surface area contributed by atoms with Gasteiger partial charge in [-0.1, -0.05) is 43.8 Å². The maximum atomic E-state index is 12.4. The Kier molecular flexibility index (Phi) is 5.00. The zero-order valence-electron chi connectivity index (χ0n) is 13.6. The highest BCUT2D eigenvalue weighted by Crippen LogP contribution is 2.22. The van der Waals surface area contributed by atoms with E-state index in [0.29, 0.717) is 22.7 Å². The monoisotopic (exact) mass is 330 g/mol. The number of benzene rings is 1. The Hall–Kier alpha value is -1.82. The quantitative estimate of drug-likeness (QED) is 0.809. The number of piperidine rings is 1. The van der Waals surface area contributed by atoms with Crippen LogP contribution in [0, 0.1) is 11.8 Å². The fourth-order valence-corrected chi connectivity index (χ4v) is 3.81. The Labute approximate surface area is 141 Å². The number of thioether (sulfide) groups is 1. The van der Waals surface area contributed by atoms with E-state index in [1.165, 1.54) is 18.2 Å². The van der Waals surface area contributed by atoms with Gasteiger partial charge in [0.15, 0.2) is 0 Å². The van der Waals surface area contributed by atoms with E-state index in [0.717, 1.165) is 18.8 Å². The second kappa shape index (κ2) is 7.17. The summed E-state index contributed by atoms with van der Waals surface area (Å²) < 4.78 is 1.73. The van der Waals surface area contributed by atoms with E-state index in [9.17, 15) is 4.79 Å². The van der Waals surface area contributed by atoms with Gasteiger partial charge in [-0.3, -0.25) is 4.79 Å². The molecule has 0 radical (unpaired) electrons. The lowest BCUT2D eigenvalue weighted by atomic mass is 9.92. The molecule has 23 heavy (non-hydrogen) atoms. The molecule has 122 valence electrons. The molecule has 1 aliphatic rings. The minimum Gasteiger partial charge on any atom is -0.341 e. The molecule has 1 aromatic heterocycles. The van der Waals surface area contributed by atoms with Gasteiger partial charge < -0.3 is 4.90 Å². The van der Waals surface area contributed by atoms with Crippen molar-refractivity contribution in [1.82, 2.24) is 19.7 Å². The van der Waals surface area contributed by atoms with Crippen LogP contribution in [0.5, 0.6) is 0 Å². The molecule has 1 amide bonds. The number of aromatic nitrogens is 3. The van der Waals surface area contributed by atoms with Gasteiger partial charge in [-0.15, -0.1) is 5.10 Å². The minimum atomic E-state index is 0.185. The van der Waals surface area contributed by atoms with Gasteiger partial charge in [-0.05, 0) is 30.4 Å². The first-order valence-electron chi connectivity index (χ1n) is 7.99. The van der Waals surface area contributed by atoms with Crippen LogP contribution in [0.2, 0.25) is 0 Å². The molecule has 0 aliphatic carbocycles. The summed E-state index contributed by atoms with van der Waals surface area (Å²) in [5.41, 5.74) is 0.969. The molecule has 1 fully saturated rings. The summed E-state index contributed by atoms with van der Waals surface area (Å²) in [6.07, 6.45) is 2.90. The van der Waals surface area contributed by atoms with Crippen molar-refractivity contribution in [2.75, 3.05) is 18.8 Å². The Bertz CT molecular complexity index is 648. The first-order valence-corrected chi connectivity index (χ1v) is 8.98. The highest BCUT2D eigenvalue weighted by atomic mass is 32.2. The summed E-state index contributed by atoms with van der Waals surface area (Å²) in [4.78, 5) is 18.7. The lowest BCUT2D eigenvalue weighted by Crippen LogP contribution is -2.43. The summed E-state index contributed by atoms with van der Waals surface area (Å²) in [7, 11) is 0. The normalized spacial score (nSPS) is 21.4. The molecule has 5 nitrogen and oxygen atoms in total. The lowest BCUT2D eigenvalue weighted by Gasteiger charge is -2.34. The standard InChI is InChI=1S/C17H22N4OS/c1-13-8-14(2)10-20(9-13)16(22)11-23-17-18-12-21(19-17)15-6-4-3-5-7-15/h3-7,12-14H,8-11H2,1-2H3/t13-,14-/m1/s1. The average Bonchev–Trinajstić information content (AvgIpc) is 3.01. The van der Waals surface area contributed by atoms with Crippen molar-refractivity contribution in [3.05, 3.63) is 36.7 Å². The molecule has 0 spiro atoms. The van der Waals surface area contributed by atoms with Crippen molar-refractivity contribution in [2.24, 2.45) is 11.8 Å². The third kappa shape index (κ3) is 4.13. The van der Waals surface area contributed by atoms with E-state index in [1.54, 1.807) is 11.0 Å². The van der Waals surface area contributed by atoms with Gasteiger partial charge in [-0.25, -0.2) is 9.67 Å². The number of amides is 1. The molecule has 2 aromatic rings. The summed E-state index contributed by atoms with van der Waals surface area (Å²) in [6.45, 7) is 6.17. The Balaban J connectivity index is 1.56. The molecule has 2 atom stereocenters. The van der Waals surface area contributed by atoms with Crippen LogP contribution in [0.25, 0.3) is 5.69 Å². The second-order valence-corrected chi connectivity index (χ2v) is 7.28. The number of hydrogen-bond acceptors (Lipinski definition) is 4. The zero-order chi connectivity index (χ0) is 16.2. The minimum absolute atomic E-state index is 0.185. The average molecular weight is 330 g/mol. The molecule has 0 unspecified atom stereocenters. The van der Waals surface area contributed by atoms with Crippen LogP contribution in [0.4, 0.5) is 0 Å². The fraction of sp³-hybridized carbons (Fsp3) is 0.471. The van der Waals surface area contributed by atoms with Crippen molar-refractivity contribution in [2.45, 2.75) is 25.4 Å². The van der Waals surface area contributed by atoms with Gasteiger partial charge >= 0.3 is 0 Å². The number of hydrogen-bond donors (Lipinski definition) is 0. The van der Waals surface area contributed by atoms with Crippen LogP contribution < -0.4 is 0 Å². The van der Waals surface area contributed by atoms with Crippen LogP contribution in [0.15, 0.2) is 41.8 Å². The van der Waals surface area contributed by atoms with E-state index in [1.807, 2.05) is 35.2 Å². The SMILES string of the molecule is C[C@@H]1C[C@@H](C)CN(C(=O)CSc2ncn(-c3ccccc3)n2)C1. The molecule has 2 heterocycles.